The van der Waals surface area contributed by atoms with Gasteiger partial charge in [0, 0.05) is 26.1 Å². The molecule has 4 fully saturated rings. The van der Waals surface area contributed by atoms with Gasteiger partial charge in [-0.25, -0.2) is 0 Å². The molecule has 0 aromatic carbocycles. The van der Waals surface area contributed by atoms with E-state index in [1.807, 2.05) is 0 Å². The third kappa shape index (κ3) is 5.29. The molecular weight excluding hydrogens is 455 g/mol. The van der Waals surface area contributed by atoms with E-state index in [1.165, 1.54) is 12.0 Å². The summed E-state index contributed by atoms with van der Waals surface area (Å²) in [5.41, 5.74) is 0.722. The standard InChI is InChI=1S/C28H42F3NO3/c1-18(17-32-13-11-27(35,12-14-32)28(29,30)31)23-8-9-24-20(5-4-10-26(23,24)3)6-7-21-15-22(33)16-25(34)19(21)2/h6-7,18,22-25,33-35H,2,4-5,8-17H2,1,3H3/b20-6+,21-7-/t18-,22?,23-,24+,25?,26-/m1/s1. The monoisotopic (exact) mass is 497 g/mol. The van der Waals surface area contributed by atoms with E-state index in [9.17, 15) is 28.5 Å². The van der Waals surface area contributed by atoms with Crippen LogP contribution in [0.2, 0.25) is 0 Å². The maximum atomic E-state index is 13.2. The van der Waals surface area contributed by atoms with E-state index in [0.717, 1.165) is 37.8 Å². The second-order valence-electron chi connectivity index (χ2n) is 12.0. The topological polar surface area (TPSA) is 63.9 Å². The van der Waals surface area contributed by atoms with Crippen molar-refractivity contribution in [2.24, 2.45) is 23.2 Å². The third-order valence-corrected chi connectivity index (χ3v) is 9.75. The van der Waals surface area contributed by atoms with Crippen molar-refractivity contribution in [3.8, 4) is 0 Å². The van der Waals surface area contributed by atoms with E-state index in [-0.39, 0.29) is 31.3 Å². The molecule has 0 amide bonds. The normalized spacial score (nSPS) is 39.7. The largest absolute Gasteiger partial charge is 0.417 e. The van der Waals surface area contributed by atoms with Crippen molar-refractivity contribution in [2.75, 3.05) is 19.6 Å². The second-order valence-corrected chi connectivity index (χ2v) is 12.0. The predicted molar refractivity (Wildman–Crippen MR) is 131 cm³/mol. The zero-order valence-electron chi connectivity index (χ0n) is 21.2. The molecule has 1 saturated heterocycles. The molecule has 0 aromatic heterocycles. The SMILES string of the molecule is C=C1/C(=C\C=C2/CCC[C@]3(C)[C@@H]([C@H](C)CN4CCC(O)(C(F)(F)F)CC4)CC[C@@H]23)CC(O)CC1O. The minimum atomic E-state index is -4.56. The average molecular weight is 498 g/mol. The summed E-state index contributed by atoms with van der Waals surface area (Å²) in [6.45, 7) is 10.0. The van der Waals surface area contributed by atoms with Crippen molar-refractivity contribution in [3.63, 3.8) is 0 Å². The molecule has 7 heteroatoms. The molecule has 2 unspecified atom stereocenters. The van der Waals surface area contributed by atoms with Crippen LogP contribution in [0.25, 0.3) is 0 Å². The highest BCUT2D eigenvalue weighted by Gasteiger charge is 2.55. The fraction of sp³-hybridized carbons (Fsp3) is 0.786. The van der Waals surface area contributed by atoms with E-state index in [0.29, 0.717) is 36.2 Å². The first-order chi connectivity index (χ1) is 16.3. The van der Waals surface area contributed by atoms with Crippen LogP contribution in [0.1, 0.15) is 71.6 Å². The Morgan fingerprint density at radius 3 is 2.49 bits per heavy atom. The number of nitrogens with zero attached hydrogens (tertiary/aromatic N) is 1. The molecule has 3 saturated carbocycles. The fourth-order valence-corrected chi connectivity index (χ4v) is 7.60. The summed E-state index contributed by atoms with van der Waals surface area (Å²) < 4.78 is 39.5. The highest BCUT2D eigenvalue weighted by Crippen LogP contribution is 2.59. The van der Waals surface area contributed by atoms with Crippen LogP contribution in [0.3, 0.4) is 0 Å². The van der Waals surface area contributed by atoms with Crippen LogP contribution in [-0.4, -0.2) is 63.8 Å². The highest BCUT2D eigenvalue weighted by molar-refractivity contribution is 5.38. The van der Waals surface area contributed by atoms with Crippen molar-refractivity contribution in [1.82, 2.24) is 4.90 Å². The van der Waals surface area contributed by atoms with Crippen LogP contribution in [0, 0.1) is 23.2 Å². The van der Waals surface area contributed by atoms with Crippen molar-refractivity contribution < 1.29 is 28.5 Å². The second kappa shape index (κ2) is 9.96. The van der Waals surface area contributed by atoms with Crippen LogP contribution in [0.4, 0.5) is 13.2 Å². The lowest BCUT2D eigenvalue weighted by Gasteiger charge is -2.46. The quantitative estimate of drug-likeness (QED) is 0.503. The van der Waals surface area contributed by atoms with Gasteiger partial charge >= 0.3 is 6.18 Å². The summed E-state index contributed by atoms with van der Waals surface area (Å²) in [6.07, 6.45) is 4.48. The number of alkyl halides is 3. The Morgan fingerprint density at radius 2 is 1.83 bits per heavy atom. The maximum absolute atomic E-state index is 13.2. The van der Waals surface area contributed by atoms with Crippen molar-refractivity contribution in [1.29, 1.82) is 0 Å². The van der Waals surface area contributed by atoms with Gasteiger partial charge in [0.2, 0.25) is 0 Å². The van der Waals surface area contributed by atoms with Crippen molar-refractivity contribution >= 4 is 0 Å². The summed E-state index contributed by atoms with van der Waals surface area (Å²) in [5.74, 6) is 1.38. The molecule has 198 valence electrons. The van der Waals surface area contributed by atoms with Crippen molar-refractivity contribution in [3.05, 3.63) is 35.5 Å². The minimum Gasteiger partial charge on any atom is -0.393 e. The molecule has 6 atom stereocenters. The lowest BCUT2D eigenvalue weighted by Crippen LogP contribution is -2.54. The average Bonchev–Trinajstić information content (AvgIpc) is 3.13. The zero-order chi connectivity index (χ0) is 25.6. The number of piperidine rings is 1. The van der Waals surface area contributed by atoms with Gasteiger partial charge < -0.3 is 20.2 Å². The smallest absolute Gasteiger partial charge is 0.393 e. The Labute approximate surface area is 207 Å². The lowest BCUT2D eigenvalue weighted by molar-refractivity contribution is -0.272. The molecule has 1 aliphatic heterocycles. The van der Waals surface area contributed by atoms with Crippen LogP contribution < -0.4 is 0 Å². The van der Waals surface area contributed by atoms with E-state index < -0.39 is 24.0 Å². The first kappa shape index (κ1) is 26.9. The van der Waals surface area contributed by atoms with Gasteiger partial charge in [0.15, 0.2) is 5.60 Å². The van der Waals surface area contributed by atoms with E-state index >= 15 is 0 Å². The summed E-state index contributed by atoms with van der Waals surface area (Å²) in [6, 6.07) is 0. The molecular formula is C28H42F3NO3. The number of hydrogen-bond acceptors (Lipinski definition) is 4. The Hall–Kier alpha value is -1.15. The molecule has 0 radical (unpaired) electrons. The van der Waals surface area contributed by atoms with E-state index in [1.54, 1.807) is 0 Å². The highest BCUT2D eigenvalue weighted by atomic mass is 19.4. The molecule has 0 bridgehead atoms. The molecule has 35 heavy (non-hydrogen) atoms. The van der Waals surface area contributed by atoms with Gasteiger partial charge in [-0.2, -0.15) is 13.2 Å². The molecule has 3 N–H and O–H groups in total. The molecule has 4 nitrogen and oxygen atoms in total. The first-order valence-electron chi connectivity index (χ1n) is 13.3. The number of likely N-dealkylation sites (tertiary alicyclic amines) is 1. The van der Waals surface area contributed by atoms with Gasteiger partial charge in [0.05, 0.1) is 12.2 Å². The third-order valence-electron chi connectivity index (χ3n) is 9.75. The number of halogens is 3. The minimum absolute atomic E-state index is 0.174. The van der Waals surface area contributed by atoms with Gasteiger partial charge in [-0.15, -0.1) is 0 Å². The Kier molecular flexibility index (Phi) is 7.65. The maximum Gasteiger partial charge on any atom is 0.417 e. The molecule has 3 aliphatic carbocycles. The fourth-order valence-electron chi connectivity index (χ4n) is 7.60. The van der Waals surface area contributed by atoms with Gasteiger partial charge in [0.25, 0.3) is 0 Å². The number of hydrogen-bond donors (Lipinski definition) is 3. The van der Waals surface area contributed by atoms with Gasteiger partial charge in [0.1, 0.15) is 0 Å². The van der Waals surface area contributed by atoms with Crippen LogP contribution in [-0.2, 0) is 0 Å². The molecule has 4 aliphatic rings. The lowest BCUT2D eigenvalue weighted by atomic mass is 9.61. The van der Waals surface area contributed by atoms with Gasteiger partial charge in [-0.05, 0) is 85.7 Å². The Morgan fingerprint density at radius 1 is 1.14 bits per heavy atom. The van der Waals surface area contributed by atoms with Crippen molar-refractivity contribution in [2.45, 2.75) is 95.6 Å². The molecule has 4 rings (SSSR count). The summed E-state index contributed by atoms with van der Waals surface area (Å²) in [4.78, 5) is 2.11. The summed E-state index contributed by atoms with van der Waals surface area (Å²) in [5, 5.41) is 30.2. The molecule has 1 heterocycles. The van der Waals surface area contributed by atoms with E-state index in [4.69, 9.17) is 0 Å². The summed E-state index contributed by atoms with van der Waals surface area (Å²) >= 11 is 0. The number of aliphatic hydroxyl groups is 3. The zero-order valence-corrected chi connectivity index (χ0v) is 21.2. The van der Waals surface area contributed by atoms with Crippen LogP contribution in [0.15, 0.2) is 35.5 Å². The van der Waals surface area contributed by atoms with Crippen LogP contribution in [0.5, 0.6) is 0 Å². The number of allylic oxidation sites excluding steroid dienone is 3. The molecule has 0 aromatic rings. The first-order valence-corrected chi connectivity index (χ1v) is 13.3. The Bertz CT molecular complexity index is 858. The number of aliphatic hydroxyl groups excluding tert-OH is 2. The van der Waals surface area contributed by atoms with E-state index in [2.05, 4.69) is 37.5 Å². The molecule has 0 spiro atoms. The van der Waals surface area contributed by atoms with Gasteiger partial charge in [-0.1, -0.05) is 38.2 Å². The summed E-state index contributed by atoms with van der Waals surface area (Å²) in [7, 11) is 0. The number of rotatable bonds is 4. The van der Waals surface area contributed by atoms with Gasteiger partial charge in [-0.3, -0.25) is 0 Å². The number of fused-ring (bicyclic) bond motifs is 1. The Balaban J connectivity index is 1.41. The predicted octanol–water partition coefficient (Wildman–Crippen LogP) is 5.15. The van der Waals surface area contributed by atoms with Crippen LogP contribution >= 0.6 is 0 Å².